The maximum Gasteiger partial charge on any atom is 0.292 e. The first kappa shape index (κ1) is 17.6. The Hall–Kier alpha value is -2.20. The third-order valence-electron chi connectivity index (χ3n) is 3.90. The number of hydrogen-bond donors (Lipinski definition) is 0. The Morgan fingerprint density at radius 3 is 2.44 bits per heavy atom. The molecule has 0 spiro atoms. The Bertz CT molecular complexity index is 804. The van der Waals surface area contributed by atoms with Gasteiger partial charge < -0.3 is 14.4 Å². The van der Waals surface area contributed by atoms with Gasteiger partial charge in [-0.25, -0.2) is 17.2 Å². The van der Waals surface area contributed by atoms with Crippen molar-refractivity contribution in [1.29, 1.82) is 0 Å². The standard InChI is InChI=1S/C15H16F2N2O5S/c16-11-1-2-12(17)14(9-11)25(21,22)19-5-3-18(4-6-19)15(20)13-10-23-7-8-24-13/h1-2,9-10H,3-8H2. The van der Waals surface area contributed by atoms with Gasteiger partial charge in [-0.1, -0.05) is 0 Å². The molecule has 0 atom stereocenters. The molecule has 1 aromatic rings. The lowest BCUT2D eigenvalue weighted by Crippen LogP contribution is -2.51. The van der Waals surface area contributed by atoms with Gasteiger partial charge in [-0.2, -0.15) is 4.31 Å². The molecule has 7 nitrogen and oxygen atoms in total. The molecule has 10 heteroatoms. The van der Waals surface area contributed by atoms with E-state index in [0.717, 1.165) is 16.4 Å². The lowest BCUT2D eigenvalue weighted by molar-refractivity contribution is -0.133. The minimum Gasteiger partial charge on any atom is -0.494 e. The van der Waals surface area contributed by atoms with Gasteiger partial charge in [-0.05, 0) is 18.2 Å². The normalized spacial score (nSPS) is 19.0. The van der Waals surface area contributed by atoms with Crippen LogP contribution < -0.4 is 0 Å². The van der Waals surface area contributed by atoms with Crippen molar-refractivity contribution in [1.82, 2.24) is 9.21 Å². The van der Waals surface area contributed by atoms with E-state index >= 15 is 0 Å². The molecule has 0 saturated carbocycles. The first-order valence-corrected chi connectivity index (χ1v) is 9.02. The van der Waals surface area contributed by atoms with Gasteiger partial charge in [0.15, 0.2) is 0 Å². The van der Waals surface area contributed by atoms with Crippen molar-refractivity contribution in [3.63, 3.8) is 0 Å². The minimum atomic E-state index is -4.18. The summed E-state index contributed by atoms with van der Waals surface area (Å²) in [4.78, 5) is 13.0. The zero-order chi connectivity index (χ0) is 18.0. The third kappa shape index (κ3) is 3.59. The van der Waals surface area contributed by atoms with Crippen LogP contribution in [0, 0.1) is 11.6 Å². The SMILES string of the molecule is O=C(C1=COCCO1)N1CCN(S(=O)(=O)c2cc(F)ccc2F)CC1. The van der Waals surface area contributed by atoms with E-state index < -0.39 is 32.5 Å². The second kappa shape index (κ2) is 6.96. The van der Waals surface area contributed by atoms with Gasteiger partial charge in [0, 0.05) is 26.2 Å². The molecule has 0 N–H and O–H groups in total. The van der Waals surface area contributed by atoms with Crippen molar-refractivity contribution >= 4 is 15.9 Å². The van der Waals surface area contributed by atoms with Gasteiger partial charge in [-0.3, -0.25) is 4.79 Å². The number of carbonyl (C=O) groups excluding carboxylic acids is 1. The number of ether oxygens (including phenoxy) is 2. The fourth-order valence-corrected chi connectivity index (χ4v) is 4.08. The van der Waals surface area contributed by atoms with Crippen molar-refractivity contribution in [3.8, 4) is 0 Å². The number of halogens is 2. The first-order valence-electron chi connectivity index (χ1n) is 7.58. The highest BCUT2D eigenvalue weighted by atomic mass is 32.2. The summed E-state index contributed by atoms with van der Waals surface area (Å²) in [5.41, 5.74) is 0. The molecule has 0 aromatic heterocycles. The number of benzene rings is 1. The maximum atomic E-state index is 13.8. The van der Waals surface area contributed by atoms with Gasteiger partial charge in [0.2, 0.25) is 15.8 Å². The highest BCUT2D eigenvalue weighted by molar-refractivity contribution is 7.89. The van der Waals surface area contributed by atoms with Crippen LogP contribution in [0.25, 0.3) is 0 Å². The quantitative estimate of drug-likeness (QED) is 0.778. The van der Waals surface area contributed by atoms with Crippen molar-refractivity contribution in [2.45, 2.75) is 4.90 Å². The van der Waals surface area contributed by atoms with Gasteiger partial charge in [0.25, 0.3) is 5.91 Å². The van der Waals surface area contributed by atoms with E-state index in [2.05, 4.69) is 0 Å². The van der Waals surface area contributed by atoms with Crippen LogP contribution in [-0.2, 0) is 24.3 Å². The van der Waals surface area contributed by atoms with Gasteiger partial charge in [0.1, 0.15) is 36.0 Å². The third-order valence-corrected chi connectivity index (χ3v) is 5.81. The summed E-state index contributed by atoms with van der Waals surface area (Å²) in [7, 11) is -4.18. The van der Waals surface area contributed by atoms with Crippen LogP contribution in [0.2, 0.25) is 0 Å². The van der Waals surface area contributed by atoms with Crippen molar-refractivity contribution in [2.24, 2.45) is 0 Å². The topological polar surface area (TPSA) is 76.2 Å². The van der Waals surface area contributed by atoms with Crippen molar-refractivity contribution < 1.29 is 31.5 Å². The highest BCUT2D eigenvalue weighted by Gasteiger charge is 2.33. The number of nitrogens with zero attached hydrogens (tertiary/aromatic N) is 2. The molecular weight excluding hydrogens is 358 g/mol. The second-order valence-electron chi connectivity index (χ2n) is 5.47. The van der Waals surface area contributed by atoms with Crippen LogP contribution in [0.5, 0.6) is 0 Å². The van der Waals surface area contributed by atoms with Crippen LogP contribution in [0.3, 0.4) is 0 Å². The van der Waals surface area contributed by atoms with E-state index in [0.29, 0.717) is 12.7 Å². The molecular formula is C15H16F2N2O5S. The van der Waals surface area contributed by atoms with E-state index in [4.69, 9.17) is 9.47 Å². The number of hydrogen-bond acceptors (Lipinski definition) is 5. The van der Waals surface area contributed by atoms with E-state index in [1.165, 1.54) is 11.2 Å². The fourth-order valence-electron chi connectivity index (χ4n) is 2.58. The number of rotatable bonds is 3. The molecule has 3 rings (SSSR count). The number of sulfonamides is 1. The van der Waals surface area contributed by atoms with E-state index in [-0.39, 0.29) is 38.5 Å². The Kier molecular flexibility index (Phi) is 4.91. The predicted octanol–water partition coefficient (Wildman–Crippen LogP) is 0.686. The summed E-state index contributed by atoms with van der Waals surface area (Å²) in [6, 6.07) is 2.28. The molecule has 0 unspecified atom stereocenters. The lowest BCUT2D eigenvalue weighted by Gasteiger charge is -2.34. The zero-order valence-electron chi connectivity index (χ0n) is 13.2. The van der Waals surface area contributed by atoms with Crippen LogP contribution in [-0.4, -0.2) is 62.9 Å². The predicted molar refractivity (Wildman–Crippen MR) is 81.7 cm³/mol. The minimum absolute atomic E-state index is 0.0296. The summed E-state index contributed by atoms with van der Waals surface area (Å²) in [5, 5.41) is 0. The number of amides is 1. The molecule has 1 saturated heterocycles. The van der Waals surface area contributed by atoms with E-state index in [1.807, 2.05) is 0 Å². The van der Waals surface area contributed by atoms with Gasteiger partial charge in [0.05, 0.1) is 0 Å². The Morgan fingerprint density at radius 1 is 1.08 bits per heavy atom. The maximum absolute atomic E-state index is 13.8. The molecule has 0 radical (unpaired) electrons. The zero-order valence-corrected chi connectivity index (χ0v) is 14.0. The van der Waals surface area contributed by atoms with Crippen LogP contribution in [0.15, 0.2) is 35.1 Å². The van der Waals surface area contributed by atoms with Crippen molar-refractivity contribution in [2.75, 3.05) is 39.4 Å². The summed E-state index contributed by atoms with van der Waals surface area (Å²) < 4.78 is 63.3. The molecule has 1 fully saturated rings. The monoisotopic (exact) mass is 374 g/mol. The van der Waals surface area contributed by atoms with Gasteiger partial charge in [-0.15, -0.1) is 0 Å². The fraction of sp³-hybridized carbons (Fsp3) is 0.400. The Labute approximate surface area is 143 Å². The largest absolute Gasteiger partial charge is 0.494 e. The van der Waals surface area contributed by atoms with E-state index in [1.54, 1.807) is 0 Å². The molecule has 1 aromatic carbocycles. The van der Waals surface area contributed by atoms with Crippen LogP contribution in [0.4, 0.5) is 8.78 Å². The van der Waals surface area contributed by atoms with E-state index in [9.17, 15) is 22.0 Å². The number of carbonyl (C=O) groups is 1. The first-order chi connectivity index (χ1) is 11.9. The average Bonchev–Trinajstić information content (AvgIpc) is 2.64. The molecule has 2 aliphatic rings. The average molecular weight is 374 g/mol. The summed E-state index contributed by atoms with van der Waals surface area (Å²) >= 11 is 0. The molecule has 0 aliphatic carbocycles. The Morgan fingerprint density at radius 2 is 1.80 bits per heavy atom. The van der Waals surface area contributed by atoms with Crippen LogP contribution in [0.1, 0.15) is 0 Å². The highest BCUT2D eigenvalue weighted by Crippen LogP contribution is 2.22. The summed E-state index contributed by atoms with van der Waals surface area (Å²) in [6.07, 6.45) is 1.23. The molecule has 2 aliphatic heterocycles. The molecule has 25 heavy (non-hydrogen) atoms. The summed E-state index contributed by atoms with van der Waals surface area (Å²) in [5.74, 6) is -2.18. The second-order valence-corrected chi connectivity index (χ2v) is 7.38. The Balaban J connectivity index is 1.70. The molecule has 2 heterocycles. The van der Waals surface area contributed by atoms with Crippen LogP contribution >= 0.6 is 0 Å². The molecule has 136 valence electrons. The number of piperazine rings is 1. The molecule has 1 amide bonds. The van der Waals surface area contributed by atoms with Crippen molar-refractivity contribution in [3.05, 3.63) is 41.9 Å². The van der Waals surface area contributed by atoms with Gasteiger partial charge >= 0.3 is 0 Å². The lowest BCUT2D eigenvalue weighted by atomic mass is 10.3. The summed E-state index contributed by atoms with van der Waals surface area (Å²) in [6.45, 7) is 0.786. The molecule has 0 bridgehead atoms. The smallest absolute Gasteiger partial charge is 0.292 e.